The quantitative estimate of drug-likeness (QED) is 0.801. The van der Waals surface area contributed by atoms with Crippen molar-refractivity contribution in [3.8, 4) is 0 Å². The molecular formula is C11H18N4OS. The van der Waals surface area contributed by atoms with Gasteiger partial charge in [-0.1, -0.05) is 0 Å². The molecule has 0 bridgehead atoms. The number of nitrogens with zero attached hydrogens (tertiary/aromatic N) is 2. The average molecular weight is 254 g/mol. The second-order valence-corrected chi connectivity index (χ2v) is 5.54. The van der Waals surface area contributed by atoms with Gasteiger partial charge in [0.2, 0.25) is 0 Å². The van der Waals surface area contributed by atoms with E-state index in [-0.39, 0.29) is 5.91 Å². The Labute approximate surface area is 105 Å². The fourth-order valence-electron chi connectivity index (χ4n) is 1.85. The highest BCUT2D eigenvalue weighted by Gasteiger charge is 2.17. The van der Waals surface area contributed by atoms with Gasteiger partial charge in [-0.15, -0.1) is 0 Å². The zero-order valence-corrected chi connectivity index (χ0v) is 10.6. The molecule has 1 atom stereocenters. The maximum Gasteiger partial charge on any atom is 0.271 e. The molecule has 0 radical (unpaired) electrons. The summed E-state index contributed by atoms with van der Waals surface area (Å²) >= 11 is 1.94. The fourth-order valence-corrected chi connectivity index (χ4v) is 3.05. The summed E-state index contributed by atoms with van der Waals surface area (Å²) in [6.45, 7) is 1.99. The molecule has 1 amide bonds. The van der Waals surface area contributed by atoms with Crippen molar-refractivity contribution in [2.45, 2.75) is 24.6 Å². The second-order valence-electron chi connectivity index (χ2n) is 4.13. The lowest BCUT2D eigenvalue weighted by Gasteiger charge is -2.08. The summed E-state index contributed by atoms with van der Waals surface area (Å²) in [5, 5.41) is 3.50. The first-order valence-electron chi connectivity index (χ1n) is 5.91. The molecule has 0 aliphatic carbocycles. The normalized spacial score (nSPS) is 19.5. The van der Waals surface area contributed by atoms with Crippen molar-refractivity contribution in [1.29, 1.82) is 0 Å². The van der Waals surface area contributed by atoms with Crippen LogP contribution >= 0.6 is 11.8 Å². The first-order chi connectivity index (χ1) is 8.29. The predicted molar refractivity (Wildman–Crippen MR) is 69.1 cm³/mol. The molecule has 1 aromatic heterocycles. The Hall–Kier alpha value is -1.01. The summed E-state index contributed by atoms with van der Waals surface area (Å²) in [5.74, 6) is 1.12. The summed E-state index contributed by atoms with van der Waals surface area (Å²) in [7, 11) is 0. The van der Waals surface area contributed by atoms with E-state index in [9.17, 15) is 4.79 Å². The summed E-state index contributed by atoms with van der Waals surface area (Å²) in [6.07, 6.45) is 5.85. The van der Waals surface area contributed by atoms with E-state index in [4.69, 9.17) is 5.73 Å². The van der Waals surface area contributed by atoms with Crippen molar-refractivity contribution in [1.82, 2.24) is 14.9 Å². The van der Waals surface area contributed by atoms with E-state index in [1.165, 1.54) is 18.6 Å². The molecule has 0 spiro atoms. The number of imidazole rings is 1. The van der Waals surface area contributed by atoms with Crippen LogP contribution < -0.4 is 11.1 Å². The highest BCUT2D eigenvalue weighted by Crippen LogP contribution is 2.25. The van der Waals surface area contributed by atoms with Crippen LogP contribution in [-0.2, 0) is 6.54 Å². The zero-order valence-electron chi connectivity index (χ0n) is 9.76. The van der Waals surface area contributed by atoms with Crippen LogP contribution in [0, 0.1) is 0 Å². The highest BCUT2D eigenvalue weighted by atomic mass is 32.2. The van der Waals surface area contributed by atoms with Gasteiger partial charge in [0, 0.05) is 31.1 Å². The largest absolute Gasteiger partial charge is 0.350 e. The number of rotatable bonds is 5. The Morgan fingerprint density at radius 2 is 2.59 bits per heavy atom. The van der Waals surface area contributed by atoms with E-state index in [0.29, 0.717) is 24.0 Å². The van der Waals surface area contributed by atoms with Gasteiger partial charge < -0.3 is 15.6 Å². The number of nitrogens with one attached hydrogen (secondary N) is 1. The average Bonchev–Trinajstić information content (AvgIpc) is 2.97. The summed E-state index contributed by atoms with van der Waals surface area (Å²) in [4.78, 5) is 15.9. The van der Waals surface area contributed by atoms with Crippen molar-refractivity contribution in [2.24, 2.45) is 5.73 Å². The van der Waals surface area contributed by atoms with Crippen molar-refractivity contribution in [3.05, 3.63) is 18.2 Å². The van der Waals surface area contributed by atoms with Gasteiger partial charge in [0.15, 0.2) is 0 Å². The number of hydrogen-bond acceptors (Lipinski definition) is 4. The SMILES string of the molecule is NCCn1cnc(C(=O)NCC2CCCS2)c1. The molecule has 2 rings (SSSR count). The van der Waals surface area contributed by atoms with Crippen LogP contribution in [0.4, 0.5) is 0 Å². The number of aromatic nitrogens is 2. The molecule has 17 heavy (non-hydrogen) atoms. The standard InChI is InChI=1S/C11H18N4OS/c12-3-4-15-7-10(14-8-15)11(16)13-6-9-2-1-5-17-9/h7-9H,1-6,12H2,(H,13,16). The third-order valence-corrected chi connectivity index (χ3v) is 4.17. The van der Waals surface area contributed by atoms with Crippen molar-refractivity contribution < 1.29 is 4.79 Å². The first-order valence-corrected chi connectivity index (χ1v) is 6.96. The van der Waals surface area contributed by atoms with Gasteiger partial charge in [0.05, 0.1) is 6.33 Å². The lowest BCUT2D eigenvalue weighted by atomic mass is 10.2. The van der Waals surface area contributed by atoms with E-state index in [0.717, 1.165) is 6.54 Å². The minimum absolute atomic E-state index is 0.0896. The van der Waals surface area contributed by atoms with Gasteiger partial charge in [-0.05, 0) is 18.6 Å². The van der Waals surface area contributed by atoms with Gasteiger partial charge in [0.1, 0.15) is 5.69 Å². The summed E-state index contributed by atoms with van der Waals surface area (Å²) < 4.78 is 1.83. The highest BCUT2D eigenvalue weighted by molar-refractivity contribution is 8.00. The molecule has 0 saturated carbocycles. The van der Waals surface area contributed by atoms with Crippen molar-refractivity contribution in [2.75, 3.05) is 18.8 Å². The number of nitrogens with two attached hydrogens (primary N) is 1. The summed E-state index contributed by atoms with van der Waals surface area (Å²) in [5.41, 5.74) is 5.91. The molecule has 6 heteroatoms. The van der Waals surface area contributed by atoms with Crippen LogP contribution in [0.3, 0.4) is 0 Å². The van der Waals surface area contributed by atoms with E-state index in [1.54, 1.807) is 12.5 Å². The third kappa shape index (κ3) is 3.47. The number of hydrogen-bond donors (Lipinski definition) is 2. The number of carbonyl (C=O) groups is 1. The Bertz CT molecular complexity index is 373. The van der Waals surface area contributed by atoms with Crippen LogP contribution in [0.5, 0.6) is 0 Å². The monoisotopic (exact) mass is 254 g/mol. The Kier molecular flexibility index (Phi) is 4.44. The van der Waals surface area contributed by atoms with E-state index in [2.05, 4.69) is 10.3 Å². The van der Waals surface area contributed by atoms with E-state index in [1.807, 2.05) is 16.3 Å². The minimum Gasteiger partial charge on any atom is -0.350 e. The van der Waals surface area contributed by atoms with Crippen LogP contribution in [0.25, 0.3) is 0 Å². The minimum atomic E-state index is -0.0896. The lowest BCUT2D eigenvalue weighted by Crippen LogP contribution is -2.29. The third-order valence-electron chi connectivity index (χ3n) is 2.77. The smallest absolute Gasteiger partial charge is 0.271 e. The molecule has 0 aromatic carbocycles. The van der Waals surface area contributed by atoms with Crippen molar-refractivity contribution >= 4 is 17.7 Å². The molecule has 5 nitrogen and oxygen atoms in total. The number of thioether (sulfide) groups is 1. The van der Waals surface area contributed by atoms with Gasteiger partial charge in [-0.3, -0.25) is 4.79 Å². The Balaban J connectivity index is 1.81. The molecule has 3 N–H and O–H groups in total. The zero-order chi connectivity index (χ0) is 12.1. The van der Waals surface area contributed by atoms with Gasteiger partial charge >= 0.3 is 0 Å². The van der Waals surface area contributed by atoms with Gasteiger partial charge in [-0.25, -0.2) is 4.98 Å². The lowest BCUT2D eigenvalue weighted by molar-refractivity contribution is 0.0949. The van der Waals surface area contributed by atoms with E-state index >= 15 is 0 Å². The predicted octanol–water partition coefficient (Wildman–Crippen LogP) is 0.467. The van der Waals surface area contributed by atoms with Gasteiger partial charge in [-0.2, -0.15) is 11.8 Å². The number of amides is 1. The molecule has 1 aromatic rings. The van der Waals surface area contributed by atoms with Crippen LogP contribution in [0.1, 0.15) is 23.3 Å². The van der Waals surface area contributed by atoms with Crippen LogP contribution in [-0.4, -0.2) is 39.6 Å². The Morgan fingerprint density at radius 1 is 1.71 bits per heavy atom. The molecule has 1 saturated heterocycles. The fraction of sp³-hybridized carbons (Fsp3) is 0.636. The molecule has 1 aliphatic heterocycles. The van der Waals surface area contributed by atoms with Gasteiger partial charge in [0.25, 0.3) is 5.91 Å². The second kappa shape index (κ2) is 6.07. The maximum atomic E-state index is 11.8. The molecular weight excluding hydrogens is 236 g/mol. The molecule has 94 valence electrons. The molecule has 1 unspecified atom stereocenters. The number of carbonyl (C=O) groups excluding carboxylic acids is 1. The van der Waals surface area contributed by atoms with Crippen molar-refractivity contribution in [3.63, 3.8) is 0 Å². The van der Waals surface area contributed by atoms with Crippen LogP contribution in [0.15, 0.2) is 12.5 Å². The molecule has 2 heterocycles. The molecule has 1 fully saturated rings. The topological polar surface area (TPSA) is 72.9 Å². The van der Waals surface area contributed by atoms with E-state index < -0.39 is 0 Å². The maximum absolute atomic E-state index is 11.8. The first kappa shape index (κ1) is 12.4. The summed E-state index contributed by atoms with van der Waals surface area (Å²) in [6, 6.07) is 0. The Morgan fingerprint density at radius 3 is 3.29 bits per heavy atom. The molecule has 1 aliphatic rings. The van der Waals surface area contributed by atoms with Crippen LogP contribution in [0.2, 0.25) is 0 Å².